The molecule has 1 aliphatic heterocycles. The fourth-order valence-electron chi connectivity index (χ4n) is 8.59. The monoisotopic (exact) mass is 478 g/mol. The van der Waals surface area contributed by atoms with E-state index in [9.17, 15) is 10.2 Å². The number of benzene rings is 1. The Morgan fingerprint density at radius 2 is 1.89 bits per heavy atom. The second kappa shape index (κ2) is 9.78. The minimum atomic E-state index is -1.07. The smallest absolute Gasteiger partial charge is 0.184 e. The van der Waals surface area contributed by atoms with Gasteiger partial charge in [-0.25, -0.2) is 0 Å². The first kappa shape index (κ1) is 23.9. The first-order chi connectivity index (χ1) is 17.0. The van der Waals surface area contributed by atoms with Crippen LogP contribution in [0, 0.1) is 35.0 Å². The van der Waals surface area contributed by atoms with Crippen molar-refractivity contribution in [2.45, 2.75) is 89.8 Å². The number of aliphatic hydroxyl groups is 2. The molecular formula is C31H42O4. The number of ether oxygens (including phenoxy) is 2. The van der Waals surface area contributed by atoms with Crippen molar-refractivity contribution in [1.29, 1.82) is 0 Å². The van der Waals surface area contributed by atoms with Crippen LogP contribution in [0.4, 0.5) is 0 Å². The molecule has 0 bridgehead atoms. The third-order valence-corrected chi connectivity index (χ3v) is 10.5. The molecule has 35 heavy (non-hydrogen) atoms. The average molecular weight is 479 g/mol. The molecule has 0 radical (unpaired) electrons. The van der Waals surface area contributed by atoms with Crippen LogP contribution >= 0.6 is 0 Å². The lowest BCUT2D eigenvalue weighted by molar-refractivity contribution is -0.150. The Balaban J connectivity index is 1.08. The van der Waals surface area contributed by atoms with Gasteiger partial charge in [0.05, 0.1) is 19.3 Å². The molecule has 3 fully saturated rings. The normalized spacial score (nSPS) is 42.9. The summed E-state index contributed by atoms with van der Waals surface area (Å²) in [5.41, 5.74) is 4.49. The van der Waals surface area contributed by atoms with Crippen LogP contribution in [0.25, 0.3) is 0 Å². The number of aliphatic hydroxyl groups excluding tert-OH is 2. The zero-order chi connectivity index (χ0) is 24.0. The fourth-order valence-corrected chi connectivity index (χ4v) is 8.59. The highest BCUT2D eigenvalue weighted by atomic mass is 16.6. The van der Waals surface area contributed by atoms with E-state index >= 15 is 0 Å². The maximum atomic E-state index is 10.0. The summed E-state index contributed by atoms with van der Waals surface area (Å²) < 4.78 is 11.8. The van der Waals surface area contributed by atoms with E-state index in [1.807, 2.05) is 6.08 Å². The fraction of sp³-hybridized carbons (Fsp3) is 0.677. The molecule has 4 nitrogen and oxygen atoms in total. The maximum Gasteiger partial charge on any atom is 0.184 e. The van der Waals surface area contributed by atoms with Gasteiger partial charge in [0, 0.05) is 0 Å². The molecule has 0 aromatic heterocycles. The lowest BCUT2D eigenvalue weighted by Crippen LogP contribution is -2.46. The number of hydrogen-bond acceptors (Lipinski definition) is 4. The van der Waals surface area contributed by atoms with Gasteiger partial charge in [0.1, 0.15) is 6.10 Å². The van der Waals surface area contributed by atoms with Crippen LogP contribution in [0.2, 0.25) is 0 Å². The third-order valence-electron chi connectivity index (χ3n) is 10.5. The highest BCUT2D eigenvalue weighted by molar-refractivity contribution is 5.30. The van der Waals surface area contributed by atoms with E-state index in [4.69, 9.17) is 9.47 Å². The van der Waals surface area contributed by atoms with Gasteiger partial charge in [-0.1, -0.05) is 48.9 Å². The molecule has 1 heterocycles. The topological polar surface area (TPSA) is 58.9 Å². The predicted molar refractivity (Wildman–Crippen MR) is 136 cm³/mol. The van der Waals surface area contributed by atoms with E-state index in [0.717, 1.165) is 48.7 Å². The lowest BCUT2D eigenvalue weighted by atomic mass is 9.51. The molecule has 190 valence electrons. The van der Waals surface area contributed by atoms with Crippen molar-refractivity contribution < 1.29 is 19.7 Å². The molecular weight excluding hydrogens is 436 g/mol. The second-order valence-electron chi connectivity index (χ2n) is 12.3. The van der Waals surface area contributed by atoms with Crippen LogP contribution in [0.1, 0.15) is 70.3 Å². The summed E-state index contributed by atoms with van der Waals surface area (Å²) in [4.78, 5) is 0. The van der Waals surface area contributed by atoms with Gasteiger partial charge < -0.3 is 19.7 Å². The van der Waals surface area contributed by atoms with Crippen LogP contribution in [0.15, 0.2) is 53.6 Å². The van der Waals surface area contributed by atoms with Crippen LogP contribution in [0.5, 0.6) is 0 Å². The van der Waals surface area contributed by atoms with Crippen molar-refractivity contribution >= 4 is 0 Å². The lowest BCUT2D eigenvalue weighted by Gasteiger charge is -2.54. The van der Waals surface area contributed by atoms with Gasteiger partial charge in [-0.2, -0.15) is 0 Å². The zero-order valence-electron chi connectivity index (χ0n) is 21.1. The summed E-state index contributed by atoms with van der Waals surface area (Å²) in [6.45, 7) is 3.71. The van der Waals surface area contributed by atoms with Gasteiger partial charge in [-0.15, -0.1) is 0 Å². The summed E-state index contributed by atoms with van der Waals surface area (Å²) in [6.07, 6.45) is 14.2. The van der Waals surface area contributed by atoms with E-state index < -0.39 is 12.4 Å². The van der Waals surface area contributed by atoms with Crippen LogP contribution < -0.4 is 0 Å². The van der Waals surface area contributed by atoms with Gasteiger partial charge in [-0.05, 0) is 110 Å². The van der Waals surface area contributed by atoms with Crippen LogP contribution in [0.3, 0.4) is 0 Å². The van der Waals surface area contributed by atoms with Crippen molar-refractivity contribution in [3.8, 4) is 0 Å². The van der Waals surface area contributed by atoms with E-state index in [1.165, 1.54) is 50.5 Å². The summed E-state index contributed by atoms with van der Waals surface area (Å²) in [5, 5.41) is 19.7. The molecule has 4 heteroatoms. The second-order valence-corrected chi connectivity index (χ2v) is 12.3. The quantitative estimate of drug-likeness (QED) is 0.526. The Morgan fingerprint density at radius 1 is 1.03 bits per heavy atom. The molecule has 1 aromatic carbocycles. The molecule has 0 saturated heterocycles. The van der Waals surface area contributed by atoms with Gasteiger partial charge >= 0.3 is 0 Å². The van der Waals surface area contributed by atoms with E-state index in [0.29, 0.717) is 18.6 Å². The van der Waals surface area contributed by atoms with Crippen LogP contribution in [-0.2, 0) is 16.1 Å². The van der Waals surface area contributed by atoms with Gasteiger partial charge in [0.15, 0.2) is 6.29 Å². The summed E-state index contributed by atoms with van der Waals surface area (Å²) in [6, 6.07) is 10.6. The molecule has 2 N–H and O–H groups in total. The SMILES string of the molecule is CC12CCC3C(CCC4CC(OCc5ccccc5)CCC43)C1=CCC2CC1=CC(O)C(O)OC1. The molecule has 4 aliphatic carbocycles. The van der Waals surface area contributed by atoms with Crippen molar-refractivity contribution in [1.82, 2.24) is 0 Å². The minimum absolute atomic E-state index is 0.284. The van der Waals surface area contributed by atoms with Crippen LogP contribution in [-0.4, -0.2) is 35.3 Å². The number of allylic oxidation sites excluding steroid dienone is 2. The Labute approximate surface area is 210 Å². The Hall–Kier alpha value is -1.46. The third kappa shape index (κ3) is 4.56. The van der Waals surface area contributed by atoms with Gasteiger partial charge in [0.2, 0.25) is 0 Å². The summed E-state index contributed by atoms with van der Waals surface area (Å²) in [7, 11) is 0. The van der Waals surface area contributed by atoms with Crippen molar-refractivity contribution in [3.05, 3.63) is 59.2 Å². The highest BCUT2D eigenvalue weighted by Gasteiger charge is 2.53. The van der Waals surface area contributed by atoms with E-state index in [-0.39, 0.29) is 5.41 Å². The maximum absolute atomic E-state index is 10.0. The highest BCUT2D eigenvalue weighted by Crippen LogP contribution is 2.63. The van der Waals surface area contributed by atoms with Gasteiger partial charge in [-0.3, -0.25) is 0 Å². The minimum Gasteiger partial charge on any atom is -0.384 e. The molecule has 5 aliphatic rings. The predicted octanol–water partition coefficient (Wildman–Crippen LogP) is 5.79. The average Bonchev–Trinajstić information content (AvgIpc) is 3.21. The summed E-state index contributed by atoms with van der Waals surface area (Å²) >= 11 is 0. The Kier molecular flexibility index (Phi) is 6.68. The molecule has 9 atom stereocenters. The van der Waals surface area contributed by atoms with E-state index in [2.05, 4.69) is 43.3 Å². The first-order valence-electron chi connectivity index (χ1n) is 14.0. The molecule has 0 spiro atoms. The van der Waals surface area contributed by atoms with Crippen molar-refractivity contribution in [3.63, 3.8) is 0 Å². The molecule has 3 saturated carbocycles. The Bertz CT molecular complexity index is 954. The van der Waals surface area contributed by atoms with Crippen molar-refractivity contribution in [2.24, 2.45) is 35.0 Å². The molecule has 9 unspecified atom stereocenters. The molecule has 6 rings (SSSR count). The Morgan fingerprint density at radius 3 is 2.71 bits per heavy atom. The molecule has 0 amide bonds. The summed E-state index contributed by atoms with van der Waals surface area (Å²) in [5.74, 6) is 3.93. The number of hydrogen-bond donors (Lipinski definition) is 2. The largest absolute Gasteiger partial charge is 0.384 e. The van der Waals surface area contributed by atoms with Gasteiger partial charge in [0.25, 0.3) is 0 Å². The standard InChI is InChI=1S/C31H42O4/c1-31-14-13-26-25-11-9-24(34-18-20-5-3-2-4-6-20)17-22(25)7-10-27(26)28(31)12-8-23(31)15-21-16-29(32)30(33)35-19-21/h2-6,12,16,22-27,29-30,32-33H,7-11,13-15,17-19H2,1H3. The van der Waals surface area contributed by atoms with E-state index in [1.54, 1.807) is 5.57 Å². The molecule has 1 aromatic rings. The number of fused-ring (bicyclic) bond motifs is 5. The zero-order valence-corrected chi connectivity index (χ0v) is 21.1. The van der Waals surface area contributed by atoms with Crippen molar-refractivity contribution in [2.75, 3.05) is 6.61 Å². The first-order valence-corrected chi connectivity index (χ1v) is 14.0. The number of rotatable bonds is 5.